The van der Waals surface area contributed by atoms with Crippen molar-refractivity contribution in [1.29, 1.82) is 0 Å². The molecule has 0 bridgehead atoms. The van der Waals surface area contributed by atoms with Crippen molar-refractivity contribution in [3.63, 3.8) is 0 Å². The highest BCUT2D eigenvalue weighted by Gasteiger charge is 2.33. The summed E-state index contributed by atoms with van der Waals surface area (Å²) in [4.78, 5) is 25.4. The zero-order chi connectivity index (χ0) is 16.8. The van der Waals surface area contributed by atoms with Gasteiger partial charge in [-0.1, -0.05) is 34.6 Å². The smallest absolute Gasteiger partial charge is 0.326 e. The van der Waals surface area contributed by atoms with E-state index < -0.39 is 23.5 Å². The van der Waals surface area contributed by atoms with Crippen LogP contribution in [-0.4, -0.2) is 54.7 Å². The zero-order valence-electron chi connectivity index (χ0n) is 14.4. The normalized spacial score (nSPS) is 14.9. The molecule has 0 saturated heterocycles. The first-order valence-electron chi connectivity index (χ1n) is 7.38. The van der Waals surface area contributed by atoms with Crippen molar-refractivity contribution < 1.29 is 14.7 Å². The summed E-state index contributed by atoms with van der Waals surface area (Å²) >= 11 is 0. The Morgan fingerprint density at radius 3 is 2.00 bits per heavy atom. The largest absolute Gasteiger partial charge is 0.480 e. The SMILES string of the molecule is CC(C)CC(CN(C)C)NC(=O)NC(C(=O)O)C(C)(C)C. The van der Waals surface area contributed by atoms with Crippen LogP contribution < -0.4 is 10.6 Å². The van der Waals surface area contributed by atoms with E-state index in [1.807, 2.05) is 19.0 Å². The van der Waals surface area contributed by atoms with E-state index in [1.165, 1.54) is 0 Å². The number of carboxylic acids is 1. The number of amides is 2. The molecule has 6 heteroatoms. The molecule has 0 saturated carbocycles. The molecular formula is C15H31N3O3. The standard InChI is InChI=1S/C15H31N3O3/c1-10(2)8-11(9-18(6)7)16-14(21)17-12(13(19)20)15(3,4)5/h10-12H,8-9H2,1-7H3,(H,19,20)(H2,16,17,21). The second kappa shape index (κ2) is 8.22. The van der Waals surface area contributed by atoms with Crippen molar-refractivity contribution in [1.82, 2.24) is 15.5 Å². The van der Waals surface area contributed by atoms with Gasteiger partial charge in [0.1, 0.15) is 6.04 Å². The molecule has 2 unspecified atom stereocenters. The topological polar surface area (TPSA) is 81.7 Å². The number of hydrogen-bond acceptors (Lipinski definition) is 3. The summed E-state index contributed by atoms with van der Waals surface area (Å²) in [6.45, 7) is 10.3. The van der Waals surface area contributed by atoms with Crippen LogP contribution >= 0.6 is 0 Å². The van der Waals surface area contributed by atoms with Crippen LogP contribution in [0.4, 0.5) is 4.79 Å². The zero-order valence-corrected chi connectivity index (χ0v) is 14.4. The maximum absolute atomic E-state index is 12.1. The summed E-state index contributed by atoms with van der Waals surface area (Å²) in [5.41, 5.74) is -0.543. The molecule has 2 amide bonds. The highest BCUT2D eigenvalue weighted by molar-refractivity contribution is 5.83. The molecule has 0 aromatic carbocycles. The fourth-order valence-electron chi connectivity index (χ4n) is 2.20. The van der Waals surface area contributed by atoms with E-state index in [4.69, 9.17) is 0 Å². The molecular weight excluding hydrogens is 270 g/mol. The number of carbonyl (C=O) groups excluding carboxylic acids is 1. The molecule has 0 radical (unpaired) electrons. The molecule has 21 heavy (non-hydrogen) atoms. The van der Waals surface area contributed by atoms with E-state index in [2.05, 4.69) is 24.5 Å². The van der Waals surface area contributed by atoms with Crippen LogP contribution in [-0.2, 0) is 4.79 Å². The minimum atomic E-state index is -1.02. The van der Waals surface area contributed by atoms with Crippen molar-refractivity contribution in [3.05, 3.63) is 0 Å². The Kier molecular flexibility index (Phi) is 7.71. The molecule has 0 aromatic rings. The summed E-state index contributed by atoms with van der Waals surface area (Å²) in [5.74, 6) is -0.571. The van der Waals surface area contributed by atoms with Gasteiger partial charge in [0.05, 0.1) is 0 Å². The van der Waals surface area contributed by atoms with Crippen LogP contribution in [0.3, 0.4) is 0 Å². The van der Waals surface area contributed by atoms with Gasteiger partial charge < -0.3 is 20.6 Å². The summed E-state index contributed by atoms with van der Waals surface area (Å²) < 4.78 is 0. The minimum Gasteiger partial charge on any atom is -0.480 e. The molecule has 3 N–H and O–H groups in total. The van der Waals surface area contributed by atoms with E-state index in [9.17, 15) is 14.7 Å². The van der Waals surface area contributed by atoms with Gasteiger partial charge in [0.15, 0.2) is 0 Å². The van der Waals surface area contributed by atoms with Gasteiger partial charge in [-0.05, 0) is 31.8 Å². The second-order valence-corrected chi connectivity index (χ2v) is 7.34. The third kappa shape index (κ3) is 8.55. The predicted octanol–water partition coefficient (Wildman–Crippen LogP) is 1.76. The number of rotatable bonds is 7. The maximum Gasteiger partial charge on any atom is 0.326 e. The fourth-order valence-corrected chi connectivity index (χ4v) is 2.20. The summed E-state index contributed by atoms with van der Waals surface area (Å²) in [6, 6.07) is -1.35. The number of carbonyl (C=O) groups is 2. The number of carboxylic acid groups (broad SMARTS) is 1. The number of nitrogens with zero attached hydrogens (tertiary/aromatic N) is 1. The number of hydrogen-bond donors (Lipinski definition) is 3. The number of aliphatic carboxylic acids is 1. The van der Waals surface area contributed by atoms with Gasteiger partial charge in [0, 0.05) is 12.6 Å². The van der Waals surface area contributed by atoms with Gasteiger partial charge in [0.2, 0.25) is 0 Å². The first-order valence-corrected chi connectivity index (χ1v) is 7.38. The van der Waals surface area contributed by atoms with Crippen LogP contribution in [0.5, 0.6) is 0 Å². The van der Waals surface area contributed by atoms with Crippen molar-refractivity contribution in [2.75, 3.05) is 20.6 Å². The van der Waals surface area contributed by atoms with Crippen LogP contribution in [0, 0.1) is 11.3 Å². The molecule has 0 aliphatic rings. The average molecular weight is 301 g/mol. The van der Waals surface area contributed by atoms with Crippen LogP contribution in [0.2, 0.25) is 0 Å². The van der Waals surface area contributed by atoms with Gasteiger partial charge in [-0.25, -0.2) is 9.59 Å². The molecule has 0 fully saturated rings. The van der Waals surface area contributed by atoms with Crippen molar-refractivity contribution in [3.8, 4) is 0 Å². The quantitative estimate of drug-likeness (QED) is 0.669. The predicted molar refractivity (Wildman–Crippen MR) is 84.3 cm³/mol. The third-order valence-electron chi connectivity index (χ3n) is 3.07. The Balaban J connectivity index is 4.71. The van der Waals surface area contributed by atoms with E-state index in [1.54, 1.807) is 20.8 Å². The Morgan fingerprint density at radius 2 is 1.67 bits per heavy atom. The van der Waals surface area contributed by atoms with Crippen molar-refractivity contribution in [2.24, 2.45) is 11.3 Å². The lowest BCUT2D eigenvalue weighted by atomic mass is 9.87. The molecule has 0 spiro atoms. The Bertz CT molecular complexity index is 339. The molecule has 124 valence electrons. The highest BCUT2D eigenvalue weighted by Crippen LogP contribution is 2.19. The van der Waals surface area contributed by atoms with Gasteiger partial charge in [-0.15, -0.1) is 0 Å². The molecule has 0 rings (SSSR count). The summed E-state index contributed by atoms with van der Waals surface area (Å²) in [5, 5.41) is 14.7. The van der Waals surface area contributed by atoms with Gasteiger partial charge in [-0.2, -0.15) is 0 Å². The number of urea groups is 1. The van der Waals surface area contributed by atoms with Crippen LogP contribution in [0.15, 0.2) is 0 Å². The minimum absolute atomic E-state index is 0.00517. The molecule has 6 nitrogen and oxygen atoms in total. The Hall–Kier alpha value is -1.30. The van der Waals surface area contributed by atoms with Gasteiger partial charge in [0.25, 0.3) is 0 Å². The summed E-state index contributed by atoms with van der Waals surface area (Å²) in [7, 11) is 3.89. The van der Waals surface area contributed by atoms with Crippen molar-refractivity contribution in [2.45, 2.75) is 53.1 Å². The summed E-state index contributed by atoms with van der Waals surface area (Å²) in [6.07, 6.45) is 0.846. The van der Waals surface area contributed by atoms with Gasteiger partial charge in [-0.3, -0.25) is 0 Å². The molecule has 0 aliphatic heterocycles. The van der Waals surface area contributed by atoms with E-state index >= 15 is 0 Å². The molecule has 2 atom stereocenters. The second-order valence-electron chi connectivity index (χ2n) is 7.34. The average Bonchev–Trinajstić information content (AvgIpc) is 2.21. The lowest BCUT2D eigenvalue weighted by molar-refractivity contribution is -0.141. The third-order valence-corrected chi connectivity index (χ3v) is 3.07. The Morgan fingerprint density at radius 1 is 1.14 bits per heavy atom. The molecule has 0 heterocycles. The Labute approximate surface area is 128 Å². The first kappa shape index (κ1) is 19.7. The van der Waals surface area contributed by atoms with Crippen LogP contribution in [0.1, 0.15) is 41.0 Å². The first-order chi connectivity index (χ1) is 9.43. The van der Waals surface area contributed by atoms with Gasteiger partial charge >= 0.3 is 12.0 Å². The van der Waals surface area contributed by atoms with Crippen LogP contribution in [0.25, 0.3) is 0 Å². The monoisotopic (exact) mass is 301 g/mol. The number of nitrogens with one attached hydrogen (secondary N) is 2. The van der Waals surface area contributed by atoms with E-state index in [0.29, 0.717) is 5.92 Å². The lowest BCUT2D eigenvalue weighted by Gasteiger charge is -2.30. The maximum atomic E-state index is 12.1. The molecule has 0 aliphatic carbocycles. The number of likely N-dealkylation sites (N-methyl/N-ethyl adjacent to an activating group) is 1. The fraction of sp³-hybridized carbons (Fsp3) is 0.867. The lowest BCUT2D eigenvalue weighted by Crippen LogP contribution is -2.55. The highest BCUT2D eigenvalue weighted by atomic mass is 16.4. The van der Waals surface area contributed by atoms with Crippen molar-refractivity contribution >= 4 is 12.0 Å². The van der Waals surface area contributed by atoms with E-state index in [-0.39, 0.29) is 6.04 Å². The van der Waals surface area contributed by atoms with E-state index in [0.717, 1.165) is 13.0 Å². The molecule has 0 aromatic heterocycles.